The van der Waals surface area contributed by atoms with Gasteiger partial charge in [0.15, 0.2) is 0 Å². The molecule has 0 saturated carbocycles. The molecule has 0 fully saturated rings. The van der Waals surface area contributed by atoms with Gasteiger partial charge in [0, 0.05) is 6.42 Å². The van der Waals surface area contributed by atoms with Crippen molar-refractivity contribution in [1.82, 2.24) is 0 Å². The summed E-state index contributed by atoms with van der Waals surface area (Å²) in [5.41, 5.74) is 0.0582. The molecule has 0 aliphatic rings. The molecule has 0 saturated heterocycles. The molecule has 0 aliphatic heterocycles. The van der Waals surface area contributed by atoms with Crippen molar-refractivity contribution in [1.29, 1.82) is 0 Å². The van der Waals surface area contributed by atoms with Gasteiger partial charge in [-0.3, -0.25) is 0 Å². The molecule has 1 aromatic carbocycles. The standard InChI is InChI=1S/C9H14O8P2.4Na/c10-8(7-4-2-1-3-5-7)6-9(11,18(12,13)14)19(15,16)17;;;;/h1-5,8,10-11H,6H2,(H2,12,13,14)(H2,15,16,17);;;;/q;4*+1/p-4. The topological polar surface area (TPSA) is 167 Å². The van der Waals surface area contributed by atoms with Gasteiger partial charge in [0.05, 0.1) is 6.10 Å². The number of hydrogen-bond donors (Lipinski definition) is 2. The molecule has 0 radical (unpaired) electrons. The summed E-state index contributed by atoms with van der Waals surface area (Å²) in [5, 5.41) is 14.9. The number of benzene rings is 1. The Kier molecular flexibility index (Phi) is 20.1. The molecule has 108 valence electrons. The van der Waals surface area contributed by atoms with E-state index in [0.717, 1.165) is 0 Å². The van der Waals surface area contributed by atoms with Crippen LogP contribution in [0.15, 0.2) is 30.3 Å². The summed E-state index contributed by atoms with van der Waals surface area (Å²) in [7, 11) is -12.4. The van der Waals surface area contributed by atoms with Crippen molar-refractivity contribution in [3.63, 3.8) is 0 Å². The summed E-state index contributed by atoms with van der Waals surface area (Å²) < 4.78 is 21.6. The number of rotatable bonds is 5. The van der Waals surface area contributed by atoms with Gasteiger partial charge in [-0.25, -0.2) is 0 Å². The molecule has 0 aromatic heterocycles. The van der Waals surface area contributed by atoms with E-state index in [1.54, 1.807) is 6.07 Å². The zero-order valence-electron chi connectivity index (χ0n) is 13.4. The third-order valence-corrected chi connectivity index (χ3v) is 6.12. The molecule has 1 aromatic rings. The van der Waals surface area contributed by atoms with E-state index in [1.165, 1.54) is 24.3 Å². The quantitative estimate of drug-likeness (QED) is 0.363. The molecule has 0 heterocycles. The first-order chi connectivity index (χ1) is 8.49. The van der Waals surface area contributed by atoms with Crippen LogP contribution in [0.5, 0.6) is 0 Å². The first-order valence-electron chi connectivity index (χ1n) is 4.99. The molecule has 8 nitrogen and oxygen atoms in total. The van der Waals surface area contributed by atoms with Crippen molar-refractivity contribution in [3.05, 3.63) is 35.9 Å². The normalized spacial score (nSPS) is 12.6. The van der Waals surface area contributed by atoms with Crippen molar-refractivity contribution in [2.75, 3.05) is 0 Å². The van der Waals surface area contributed by atoms with E-state index in [0.29, 0.717) is 0 Å². The van der Waals surface area contributed by atoms with E-state index in [1.807, 2.05) is 0 Å². The van der Waals surface area contributed by atoms with Gasteiger partial charge in [0.2, 0.25) is 0 Å². The van der Waals surface area contributed by atoms with Crippen LogP contribution in [-0.2, 0) is 9.13 Å². The zero-order valence-corrected chi connectivity index (χ0v) is 23.2. The van der Waals surface area contributed by atoms with Crippen LogP contribution in [0, 0.1) is 0 Å². The minimum absolute atomic E-state index is 0. The van der Waals surface area contributed by atoms with Crippen molar-refractivity contribution in [2.24, 2.45) is 0 Å². The van der Waals surface area contributed by atoms with Crippen LogP contribution in [0.4, 0.5) is 0 Å². The Morgan fingerprint density at radius 3 is 1.57 bits per heavy atom. The third-order valence-electron chi connectivity index (χ3n) is 2.53. The average Bonchev–Trinajstić information content (AvgIpc) is 2.27. The van der Waals surface area contributed by atoms with Crippen LogP contribution in [0.1, 0.15) is 18.1 Å². The van der Waals surface area contributed by atoms with Crippen LogP contribution in [0.2, 0.25) is 0 Å². The van der Waals surface area contributed by atoms with Gasteiger partial charge >= 0.3 is 118 Å². The Labute approximate surface area is 222 Å². The summed E-state index contributed by atoms with van der Waals surface area (Å²) in [4.78, 5) is 43.2. The van der Waals surface area contributed by atoms with Gasteiger partial charge < -0.3 is 38.9 Å². The van der Waals surface area contributed by atoms with Gasteiger partial charge in [-0.1, -0.05) is 30.3 Å². The molecule has 2 N–H and O–H groups in total. The second kappa shape index (κ2) is 13.6. The molecule has 14 heteroatoms. The summed E-state index contributed by atoms with van der Waals surface area (Å²) in [5.74, 6) is 0. The van der Waals surface area contributed by atoms with E-state index < -0.39 is 32.8 Å². The van der Waals surface area contributed by atoms with E-state index >= 15 is 0 Å². The van der Waals surface area contributed by atoms with Crippen LogP contribution < -0.4 is 138 Å². The molecule has 0 spiro atoms. The Balaban J connectivity index is -0.000000451. The predicted octanol–water partition coefficient (Wildman–Crippen LogP) is -14.4. The van der Waals surface area contributed by atoms with Crippen molar-refractivity contribution >= 4 is 15.2 Å². The number of hydrogen-bond acceptors (Lipinski definition) is 8. The molecular formula is C9H10Na4O8P2. The van der Waals surface area contributed by atoms with Gasteiger partial charge in [-0.2, -0.15) is 0 Å². The third kappa shape index (κ3) is 9.46. The fraction of sp³-hybridized carbons (Fsp3) is 0.333. The molecule has 23 heavy (non-hydrogen) atoms. The summed E-state index contributed by atoms with van der Waals surface area (Å²) in [6.07, 6.45) is -3.23. The average molecular weight is 400 g/mol. The van der Waals surface area contributed by atoms with Crippen molar-refractivity contribution in [3.8, 4) is 0 Å². The smallest absolute Gasteiger partial charge is 0.808 e. The molecule has 0 bridgehead atoms. The Bertz CT molecular complexity index is 512. The van der Waals surface area contributed by atoms with Crippen LogP contribution in [0.25, 0.3) is 0 Å². The van der Waals surface area contributed by atoms with Gasteiger partial charge in [-0.15, -0.1) is 0 Å². The first-order valence-corrected chi connectivity index (χ1v) is 8.07. The number of aliphatic hydroxyl groups excluding tert-OH is 1. The fourth-order valence-corrected chi connectivity index (χ4v) is 3.42. The Morgan fingerprint density at radius 2 is 1.26 bits per heavy atom. The van der Waals surface area contributed by atoms with E-state index in [9.17, 15) is 38.9 Å². The largest absolute Gasteiger partial charge is 1.00 e. The predicted molar refractivity (Wildman–Crippen MR) is 56.2 cm³/mol. The molecule has 1 atom stereocenters. The summed E-state index contributed by atoms with van der Waals surface area (Å²) in [6.45, 7) is 0. The van der Waals surface area contributed by atoms with Crippen LogP contribution in [0.3, 0.4) is 0 Å². The molecular weight excluding hydrogens is 390 g/mol. The van der Waals surface area contributed by atoms with Crippen LogP contribution >= 0.6 is 15.2 Å². The molecule has 0 aliphatic carbocycles. The molecule has 1 unspecified atom stereocenters. The monoisotopic (exact) mass is 400 g/mol. The maximum atomic E-state index is 10.8. The second-order valence-corrected chi connectivity index (χ2v) is 7.72. The van der Waals surface area contributed by atoms with Gasteiger partial charge in [-0.05, 0) is 20.8 Å². The summed E-state index contributed by atoms with van der Waals surface area (Å²) in [6, 6.07) is 7.11. The molecule has 1 rings (SSSR count). The fourth-order valence-electron chi connectivity index (χ4n) is 1.43. The van der Waals surface area contributed by atoms with E-state index in [-0.39, 0.29) is 124 Å². The Morgan fingerprint density at radius 1 is 0.913 bits per heavy atom. The minimum Gasteiger partial charge on any atom is -0.808 e. The first kappa shape index (κ1) is 34.0. The zero-order chi connectivity index (χ0) is 14.9. The van der Waals surface area contributed by atoms with Crippen LogP contribution in [-0.4, -0.2) is 15.3 Å². The van der Waals surface area contributed by atoms with Gasteiger partial charge in [0.1, 0.15) is 5.08 Å². The second-order valence-electron chi connectivity index (χ2n) is 3.90. The SMILES string of the molecule is O=P([O-])([O-])C(O)(CC(O)c1ccccc1)P(=O)([O-])[O-].[Na+].[Na+].[Na+].[Na+]. The van der Waals surface area contributed by atoms with E-state index in [4.69, 9.17) is 0 Å². The van der Waals surface area contributed by atoms with Gasteiger partial charge in [0.25, 0.3) is 0 Å². The Hall–Kier alpha value is 3.44. The van der Waals surface area contributed by atoms with Crippen molar-refractivity contribution in [2.45, 2.75) is 17.6 Å². The molecule has 0 amide bonds. The minimum atomic E-state index is -6.18. The van der Waals surface area contributed by atoms with E-state index in [2.05, 4.69) is 0 Å². The number of aliphatic hydroxyl groups is 2. The maximum absolute atomic E-state index is 10.8. The summed E-state index contributed by atoms with van der Waals surface area (Å²) >= 11 is 0. The maximum Gasteiger partial charge on any atom is 1.00 e. The van der Waals surface area contributed by atoms with Crippen molar-refractivity contribution < 1.29 is 157 Å².